The predicted octanol–water partition coefficient (Wildman–Crippen LogP) is 1.21. The van der Waals surface area contributed by atoms with Crippen molar-refractivity contribution in [3.05, 3.63) is 42.1 Å². The number of nitrogens with zero attached hydrogens (tertiary/aromatic N) is 2. The first-order valence-electron chi connectivity index (χ1n) is 6.25. The normalized spacial score (nSPS) is 10.2. The molecule has 2 aromatic heterocycles. The van der Waals surface area contributed by atoms with E-state index in [2.05, 4.69) is 25.6 Å². The Balaban J connectivity index is 1.87. The Hall–Kier alpha value is -2.37. The third-order valence-electron chi connectivity index (χ3n) is 2.61. The fourth-order valence-electron chi connectivity index (χ4n) is 1.68. The summed E-state index contributed by atoms with van der Waals surface area (Å²) in [4.78, 5) is 23.0. The van der Waals surface area contributed by atoms with Crippen LogP contribution in [0.15, 0.2) is 30.9 Å². The van der Waals surface area contributed by atoms with E-state index in [1.165, 1.54) is 0 Å². The van der Waals surface area contributed by atoms with Gasteiger partial charge in [0.15, 0.2) is 0 Å². The average Bonchev–Trinajstić information content (AvgIpc) is 2.92. The lowest BCUT2D eigenvalue weighted by atomic mass is 10.2. The van der Waals surface area contributed by atoms with Gasteiger partial charge in [-0.3, -0.25) is 4.79 Å². The first-order chi connectivity index (χ1) is 9.29. The second-order valence-electron chi connectivity index (χ2n) is 4.04. The molecule has 0 aliphatic heterocycles. The van der Waals surface area contributed by atoms with Crippen molar-refractivity contribution in [2.75, 3.05) is 18.4 Å². The standard InChI is InChI=1S/C13H17N5O/c1-2-15-12-7-10(3-5-16-12)13(19)17-6-4-11-8-14-9-18-11/h3,5,7-9H,2,4,6H2,1H3,(H,14,18)(H,15,16)(H,17,19). The summed E-state index contributed by atoms with van der Waals surface area (Å²) in [5.41, 5.74) is 1.61. The lowest BCUT2D eigenvalue weighted by molar-refractivity contribution is 0.0954. The molecule has 2 rings (SSSR count). The molecule has 0 fully saturated rings. The van der Waals surface area contributed by atoms with Gasteiger partial charge in [-0.15, -0.1) is 0 Å². The summed E-state index contributed by atoms with van der Waals surface area (Å²) in [6.07, 6.45) is 5.74. The minimum Gasteiger partial charge on any atom is -0.370 e. The molecule has 0 saturated heterocycles. The Labute approximate surface area is 111 Å². The fraction of sp³-hybridized carbons (Fsp3) is 0.308. The van der Waals surface area contributed by atoms with E-state index < -0.39 is 0 Å². The number of amides is 1. The van der Waals surface area contributed by atoms with Crippen molar-refractivity contribution < 1.29 is 4.79 Å². The van der Waals surface area contributed by atoms with Crippen molar-refractivity contribution in [3.8, 4) is 0 Å². The van der Waals surface area contributed by atoms with Gasteiger partial charge < -0.3 is 15.6 Å². The van der Waals surface area contributed by atoms with Crippen LogP contribution in [0.4, 0.5) is 5.82 Å². The molecule has 2 aromatic rings. The molecule has 0 aromatic carbocycles. The molecule has 3 N–H and O–H groups in total. The number of nitrogens with one attached hydrogen (secondary N) is 3. The second-order valence-corrected chi connectivity index (χ2v) is 4.04. The summed E-state index contributed by atoms with van der Waals surface area (Å²) in [6, 6.07) is 3.45. The van der Waals surface area contributed by atoms with Crippen LogP contribution in [-0.4, -0.2) is 33.9 Å². The molecule has 0 aliphatic rings. The zero-order valence-corrected chi connectivity index (χ0v) is 10.8. The molecule has 19 heavy (non-hydrogen) atoms. The number of imidazole rings is 1. The Bertz CT molecular complexity index is 524. The molecule has 1 amide bonds. The second kappa shape index (κ2) is 6.53. The van der Waals surface area contributed by atoms with Crippen molar-refractivity contribution in [1.29, 1.82) is 0 Å². The van der Waals surface area contributed by atoms with Gasteiger partial charge >= 0.3 is 0 Å². The zero-order chi connectivity index (χ0) is 13.5. The highest BCUT2D eigenvalue weighted by molar-refractivity contribution is 5.94. The van der Waals surface area contributed by atoms with Crippen LogP contribution < -0.4 is 10.6 Å². The molecule has 0 atom stereocenters. The Kier molecular flexibility index (Phi) is 4.49. The van der Waals surface area contributed by atoms with Crippen LogP contribution in [0.2, 0.25) is 0 Å². The highest BCUT2D eigenvalue weighted by Crippen LogP contribution is 2.06. The van der Waals surface area contributed by atoms with E-state index in [1.54, 1.807) is 30.9 Å². The van der Waals surface area contributed by atoms with Crippen molar-refractivity contribution in [2.45, 2.75) is 13.3 Å². The quantitative estimate of drug-likeness (QED) is 0.728. The summed E-state index contributed by atoms with van der Waals surface area (Å²) >= 11 is 0. The number of H-pyrrole nitrogens is 1. The SMILES string of the molecule is CCNc1cc(C(=O)NCCc2cnc[nH]2)ccn1. The highest BCUT2D eigenvalue weighted by atomic mass is 16.1. The number of rotatable bonds is 6. The number of aromatic nitrogens is 3. The van der Waals surface area contributed by atoms with Crippen LogP contribution in [0.5, 0.6) is 0 Å². The number of pyridine rings is 1. The van der Waals surface area contributed by atoms with Crippen LogP contribution >= 0.6 is 0 Å². The molecule has 100 valence electrons. The molecule has 2 heterocycles. The van der Waals surface area contributed by atoms with Crippen molar-refractivity contribution in [3.63, 3.8) is 0 Å². The van der Waals surface area contributed by atoms with Crippen LogP contribution in [0, 0.1) is 0 Å². The van der Waals surface area contributed by atoms with Crippen LogP contribution in [0.3, 0.4) is 0 Å². The molecule has 0 bridgehead atoms. The first-order valence-corrected chi connectivity index (χ1v) is 6.25. The van der Waals surface area contributed by atoms with Gasteiger partial charge in [0.1, 0.15) is 5.82 Å². The molecular weight excluding hydrogens is 242 g/mol. The molecule has 0 spiro atoms. The maximum absolute atomic E-state index is 11.9. The summed E-state index contributed by atoms with van der Waals surface area (Å²) in [5, 5.41) is 5.94. The van der Waals surface area contributed by atoms with Gasteiger partial charge in [-0.05, 0) is 19.1 Å². The molecular formula is C13H17N5O. The minimum atomic E-state index is -0.0962. The molecule has 0 radical (unpaired) electrons. The van der Waals surface area contributed by atoms with E-state index in [1.807, 2.05) is 6.92 Å². The topological polar surface area (TPSA) is 82.7 Å². The fourth-order valence-corrected chi connectivity index (χ4v) is 1.68. The lowest BCUT2D eigenvalue weighted by Gasteiger charge is -2.06. The zero-order valence-electron chi connectivity index (χ0n) is 10.8. The predicted molar refractivity (Wildman–Crippen MR) is 73.0 cm³/mol. The monoisotopic (exact) mass is 259 g/mol. The Morgan fingerprint density at radius 2 is 2.37 bits per heavy atom. The van der Waals surface area contributed by atoms with Crippen molar-refractivity contribution >= 4 is 11.7 Å². The number of aromatic amines is 1. The number of anilines is 1. The van der Waals surface area contributed by atoms with Gasteiger partial charge in [-0.25, -0.2) is 9.97 Å². The summed E-state index contributed by atoms with van der Waals surface area (Å²) < 4.78 is 0. The van der Waals surface area contributed by atoms with Gasteiger partial charge in [0, 0.05) is 43.2 Å². The van der Waals surface area contributed by atoms with E-state index in [4.69, 9.17) is 0 Å². The van der Waals surface area contributed by atoms with Gasteiger partial charge in [-0.1, -0.05) is 0 Å². The van der Waals surface area contributed by atoms with Crippen LogP contribution in [0.25, 0.3) is 0 Å². The number of carbonyl (C=O) groups is 1. The highest BCUT2D eigenvalue weighted by Gasteiger charge is 2.06. The number of carbonyl (C=O) groups excluding carboxylic acids is 1. The van der Waals surface area contributed by atoms with Crippen molar-refractivity contribution in [1.82, 2.24) is 20.3 Å². The van der Waals surface area contributed by atoms with Crippen molar-refractivity contribution in [2.24, 2.45) is 0 Å². The largest absolute Gasteiger partial charge is 0.370 e. The number of hydrogen-bond donors (Lipinski definition) is 3. The van der Waals surface area contributed by atoms with Gasteiger partial charge in [-0.2, -0.15) is 0 Å². The Morgan fingerprint density at radius 3 is 3.11 bits per heavy atom. The van der Waals surface area contributed by atoms with E-state index in [0.29, 0.717) is 17.9 Å². The smallest absolute Gasteiger partial charge is 0.251 e. The lowest BCUT2D eigenvalue weighted by Crippen LogP contribution is -2.25. The van der Waals surface area contributed by atoms with E-state index in [-0.39, 0.29) is 5.91 Å². The molecule has 6 heteroatoms. The summed E-state index contributed by atoms with van der Waals surface area (Å²) in [7, 11) is 0. The van der Waals surface area contributed by atoms with Gasteiger partial charge in [0.05, 0.1) is 6.33 Å². The average molecular weight is 259 g/mol. The maximum Gasteiger partial charge on any atom is 0.251 e. The van der Waals surface area contributed by atoms with E-state index in [9.17, 15) is 4.79 Å². The summed E-state index contributed by atoms with van der Waals surface area (Å²) in [5.74, 6) is 0.616. The van der Waals surface area contributed by atoms with Gasteiger partial charge in [0.2, 0.25) is 0 Å². The maximum atomic E-state index is 11.9. The van der Waals surface area contributed by atoms with Gasteiger partial charge in [0.25, 0.3) is 5.91 Å². The summed E-state index contributed by atoms with van der Waals surface area (Å²) in [6.45, 7) is 3.33. The minimum absolute atomic E-state index is 0.0962. The Morgan fingerprint density at radius 1 is 1.47 bits per heavy atom. The third-order valence-corrected chi connectivity index (χ3v) is 2.61. The number of hydrogen-bond acceptors (Lipinski definition) is 4. The van der Waals surface area contributed by atoms with E-state index in [0.717, 1.165) is 18.7 Å². The molecule has 0 saturated carbocycles. The van der Waals surface area contributed by atoms with E-state index >= 15 is 0 Å². The first kappa shape index (κ1) is 13.1. The van der Waals surface area contributed by atoms with Crippen LogP contribution in [-0.2, 0) is 6.42 Å². The van der Waals surface area contributed by atoms with Crippen LogP contribution in [0.1, 0.15) is 23.0 Å². The molecule has 0 unspecified atom stereocenters. The molecule has 6 nitrogen and oxygen atoms in total. The molecule has 0 aliphatic carbocycles. The third kappa shape index (κ3) is 3.80.